The van der Waals surface area contributed by atoms with E-state index in [1.54, 1.807) is 6.20 Å². The highest BCUT2D eigenvalue weighted by Gasteiger charge is 2.49. The first kappa shape index (κ1) is 20.8. The Morgan fingerprint density at radius 3 is 2.78 bits per heavy atom. The number of aliphatic imine (C=N–C) groups is 1. The maximum Gasteiger partial charge on any atom is 0.416 e. The van der Waals surface area contributed by atoms with E-state index >= 15 is 0 Å². The quantitative estimate of drug-likeness (QED) is 0.550. The number of aromatic amines is 1. The molecular formula is C20H13F3N6OS2. The molecule has 1 N–H and O–H groups in total. The van der Waals surface area contributed by atoms with E-state index in [0.717, 1.165) is 39.9 Å². The molecule has 162 valence electrons. The number of hydrogen-bond acceptors (Lipinski definition) is 8. The monoisotopic (exact) mass is 474 g/mol. The predicted molar refractivity (Wildman–Crippen MR) is 112 cm³/mol. The number of H-pyrrole nitrogens is 1. The number of nitrogens with one attached hydrogen (secondary N) is 1. The van der Waals surface area contributed by atoms with Gasteiger partial charge in [0.2, 0.25) is 5.88 Å². The number of alkyl halides is 3. The van der Waals surface area contributed by atoms with E-state index < -0.39 is 11.7 Å². The standard InChI is InChI=1S/C20H13F3N6OS2/c21-20(22,23)13-2-1-11(12(5-13)7-24)10-31-18-27-19(3-4-19)15-6-16(28-29-17(15)32-18)30-14-8-25-26-9-14/h1-2,5-6,8-9H,3-4,10H2,(H,25,26). The highest BCUT2D eigenvalue weighted by molar-refractivity contribution is 8.38. The van der Waals surface area contributed by atoms with Crippen LogP contribution in [0.5, 0.6) is 11.6 Å². The summed E-state index contributed by atoms with van der Waals surface area (Å²) < 4.78 is 45.2. The van der Waals surface area contributed by atoms with Crippen molar-refractivity contribution in [1.29, 1.82) is 5.26 Å². The molecule has 0 atom stereocenters. The number of fused-ring (bicyclic) bond motifs is 2. The maximum atomic E-state index is 12.9. The van der Waals surface area contributed by atoms with Crippen LogP contribution in [0.25, 0.3) is 0 Å². The lowest BCUT2D eigenvalue weighted by atomic mass is 10.1. The normalized spacial score (nSPS) is 16.2. The molecule has 2 aliphatic rings. The van der Waals surface area contributed by atoms with Gasteiger partial charge in [-0.1, -0.05) is 17.8 Å². The highest BCUT2D eigenvalue weighted by Crippen LogP contribution is 2.56. The summed E-state index contributed by atoms with van der Waals surface area (Å²) in [6.07, 6.45) is 0.386. The lowest BCUT2D eigenvalue weighted by molar-refractivity contribution is -0.137. The molecule has 0 saturated heterocycles. The van der Waals surface area contributed by atoms with Gasteiger partial charge < -0.3 is 4.74 Å². The van der Waals surface area contributed by atoms with Crippen molar-refractivity contribution in [3.05, 3.63) is 58.9 Å². The molecule has 1 spiro atoms. The third kappa shape index (κ3) is 4.05. The van der Waals surface area contributed by atoms with E-state index in [-0.39, 0.29) is 11.1 Å². The summed E-state index contributed by atoms with van der Waals surface area (Å²) in [5, 5.41) is 24.9. The number of rotatable bonds is 4. The zero-order valence-corrected chi connectivity index (χ0v) is 17.8. The number of benzene rings is 1. The molecular weight excluding hydrogens is 461 g/mol. The molecule has 3 aromatic rings. The van der Waals surface area contributed by atoms with Gasteiger partial charge in [0.25, 0.3) is 0 Å². The highest BCUT2D eigenvalue weighted by atomic mass is 32.2. The van der Waals surface area contributed by atoms with Crippen molar-refractivity contribution in [2.45, 2.75) is 35.3 Å². The van der Waals surface area contributed by atoms with Gasteiger partial charge >= 0.3 is 6.18 Å². The van der Waals surface area contributed by atoms with Crippen LogP contribution in [0.4, 0.5) is 13.2 Å². The first-order valence-corrected chi connectivity index (χ1v) is 11.2. The lowest BCUT2D eigenvalue weighted by Gasteiger charge is -2.21. The molecule has 1 aliphatic carbocycles. The van der Waals surface area contributed by atoms with E-state index in [0.29, 0.717) is 22.9 Å². The fraction of sp³-hybridized carbons (Fsp3) is 0.250. The van der Waals surface area contributed by atoms with Crippen LogP contribution >= 0.6 is 23.5 Å². The fourth-order valence-corrected chi connectivity index (χ4v) is 5.51. The Kier molecular flexibility index (Phi) is 5.10. The molecule has 1 aromatic carbocycles. The molecule has 12 heteroatoms. The average Bonchev–Trinajstić information content (AvgIpc) is 3.34. The van der Waals surface area contributed by atoms with Crippen LogP contribution in [0.15, 0.2) is 46.7 Å². The molecule has 0 unspecified atom stereocenters. The van der Waals surface area contributed by atoms with Gasteiger partial charge in [0.1, 0.15) is 9.40 Å². The Morgan fingerprint density at radius 1 is 1.25 bits per heavy atom. The van der Waals surface area contributed by atoms with E-state index in [4.69, 9.17) is 9.73 Å². The minimum Gasteiger partial charge on any atom is -0.434 e. The average molecular weight is 474 g/mol. The first-order valence-electron chi connectivity index (χ1n) is 9.42. The Balaban J connectivity index is 1.33. The molecule has 3 heterocycles. The number of ether oxygens (including phenoxy) is 1. The van der Waals surface area contributed by atoms with Crippen molar-refractivity contribution < 1.29 is 17.9 Å². The van der Waals surface area contributed by atoms with Crippen molar-refractivity contribution >= 4 is 27.9 Å². The lowest BCUT2D eigenvalue weighted by Crippen LogP contribution is -2.14. The van der Waals surface area contributed by atoms with Crippen molar-refractivity contribution in [2.75, 3.05) is 0 Å². The van der Waals surface area contributed by atoms with E-state index in [9.17, 15) is 18.4 Å². The van der Waals surface area contributed by atoms with E-state index in [2.05, 4.69) is 20.4 Å². The summed E-state index contributed by atoms with van der Waals surface area (Å²) in [4.78, 5) is 4.87. The summed E-state index contributed by atoms with van der Waals surface area (Å²) in [6.45, 7) is 0. The van der Waals surface area contributed by atoms with Crippen LogP contribution in [0, 0.1) is 11.3 Å². The Morgan fingerprint density at radius 2 is 2.09 bits per heavy atom. The molecule has 1 saturated carbocycles. The SMILES string of the molecule is N#Cc1cc(C(F)(F)F)ccc1CSC1=NC2(CC2)c2cc(Oc3cn[nH]c3)nnc2S1. The summed E-state index contributed by atoms with van der Waals surface area (Å²) in [5.74, 6) is 1.21. The van der Waals surface area contributed by atoms with Gasteiger partial charge in [0.15, 0.2) is 5.75 Å². The van der Waals surface area contributed by atoms with Crippen LogP contribution < -0.4 is 4.74 Å². The van der Waals surface area contributed by atoms with Crippen LogP contribution in [-0.2, 0) is 17.5 Å². The summed E-state index contributed by atoms with van der Waals surface area (Å²) >= 11 is 2.73. The van der Waals surface area contributed by atoms with Gasteiger partial charge in [-0.3, -0.25) is 10.1 Å². The number of halogens is 3. The van der Waals surface area contributed by atoms with Gasteiger partial charge in [0.05, 0.1) is 35.1 Å². The molecule has 2 aromatic heterocycles. The number of aromatic nitrogens is 4. The van der Waals surface area contributed by atoms with Gasteiger partial charge in [0, 0.05) is 17.4 Å². The van der Waals surface area contributed by atoms with Crippen molar-refractivity contribution in [3.63, 3.8) is 0 Å². The molecule has 5 rings (SSSR count). The summed E-state index contributed by atoms with van der Waals surface area (Å²) in [5.41, 5.74) is 0.288. The van der Waals surface area contributed by atoms with Gasteiger partial charge in [-0.15, -0.1) is 10.2 Å². The van der Waals surface area contributed by atoms with Crippen molar-refractivity contribution in [3.8, 4) is 17.7 Å². The molecule has 1 aliphatic heterocycles. The minimum atomic E-state index is -4.48. The fourth-order valence-electron chi connectivity index (χ4n) is 3.26. The third-order valence-corrected chi connectivity index (χ3v) is 7.21. The summed E-state index contributed by atoms with van der Waals surface area (Å²) in [7, 11) is 0. The second kappa shape index (κ2) is 7.83. The molecule has 32 heavy (non-hydrogen) atoms. The second-order valence-electron chi connectivity index (χ2n) is 7.22. The molecule has 0 amide bonds. The first-order chi connectivity index (χ1) is 15.4. The van der Waals surface area contributed by atoms with E-state index in [1.807, 2.05) is 12.1 Å². The van der Waals surface area contributed by atoms with Crippen LogP contribution in [0.1, 0.15) is 35.1 Å². The van der Waals surface area contributed by atoms with Crippen molar-refractivity contribution in [2.24, 2.45) is 4.99 Å². The topological polar surface area (TPSA) is 99.8 Å². The largest absolute Gasteiger partial charge is 0.434 e. The Labute approximate surface area is 188 Å². The maximum absolute atomic E-state index is 12.9. The third-order valence-electron chi connectivity index (χ3n) is 5.06. The molecule has 0 radical (unpaired) electrons. The molecule has 0 bridgehead atoms. The summed E-state index contributed by atoms with van der Waals surface area (Å²) in [6, 6.07) is 6.93. The van der Waals surface area contributed by atoms with Crippen molar-refractivity contribution in [1.82, 2.24) is 20.4 Å². The van der Waals surface area contributed by atoms with Crippen LogP contribution in [0.2, 0.25) is 0 Å². The Hall–Kier alpha value is -3.04. The van der Waals surface area contributed by atoms with Crippen LogP contribution in [0.3, 0.4) is 0 Å². The smallest absolute Gasteiger partial charge is 0.416 e. The Bertz CT molecular complexity index is 1250. The second-order valence-corrected chi connectivity index (χ2v) is 9.42. The number of nitrogens with zero attached hydrogens (tertiary/aromatic N) is 5. The van der Waals surface area contributed by atoms with Gasteiger partial charge in [-0.2, -0.15) is 23.5 Å². The number of hydrogen-bond donors (Lipinski definition) is 1. The zero-order chi connectivity index (χ0) is 22.3. The minimum absolute atomic E-state index is 0.0103. The number of thioether (sulfide) groups is 2. The van der Waals surface area contributed by atoms with Crippen LogP contribution in [-0.4, -0.2) is 24.8 Å². The number of nitriles is 1. The predicted octanol–water partition coefficient (Wildman–Crippen LogP) is 5.27. The van der Waals surface area contributed by atoms with Gasteiger partial charge in [-0.05, 0) is 42.3 Å². The zero-order valence-electron chi connectivity index (χ0n) is 16.2. The van der Waals surface area contributed by atoms with Gasteiger partial charge in [-0.25, -0.2) is 0 Å². The molecule has 1 fully saturated rings. The molecule has 7 nitrogen and oxygen atoms in total. The van der Waals surface area contributed by atoms with E-state index in [1.165, 1.54) is 35.8 Å².